The van der Waals surface area contributed by atoms with Crippen molar-refractivity contribution in [3.05, 3.63) is 36.3 Å². The molecule has 4 heteroatoms. The summed E-state index contributed by atoms with van der Waals surface area (Å²) in [7, 11) is 0. The average Bonchev–Trinajstić information content (AvgIpc) is 3.03. The molecule has 0 amide bonds. The Labute approximate surface area is 142 Å². The van der Waals surface area contributed by atoms with Crippen LogP contribution < -0.4 is 0 Å². The van der Waals surface area contributed by atoms with Crippen LogP contribution in [0.1, 0.15) is 56.8 Å². The van der Waals surface area contributed by atoms with Crippen LogP contribution in [0.2, 0.25) is 0 Å². The number of hydrogen-bond acceptors (Lipinski definition) is 4. The van der Waals surface area contributed by atoms with Gasteiger partial charge in [0, 0.05) is 18.3 Å². The molecule has 24 heavy (non-hydrogen) atoms. The van der Waals surface area contributed by atoms with Crippen molar-refractivity contribution in [2.75, 3.05) is 0 Å². The number of allylic oxidation sites excluding steroid dienone is 1. The fraction of sp³-hybridized carbons (Fsp3) is 0.600. The molecule has 0 unspecified atom stereocenters. The van der Waals surface area contributed by atoms with Crippen molar-refractivity contribution in [2.45, 2.75) is 52.6 Å². The highest BCUT2D eigenvalue weighted by molar-refractivity contribution is 5.96. The highest BCUT2D eigenvalue weighted by atomic mass is 16.3. The highest BCUT2D eigenvalue weighted by Gasteiger charge is 2.59. The number of ketones is 2. The number of rotatable bonds is 3. The topological polar surface area (TPSA) is 67.5 Å². The predicted molar refractivity (Wildman–Crippen MR) is 90.5 cm³/mol. The van der Waals surface area contributed by atoms with E-state index in [-0.39, 0.29) is 28.8 Å². The molecule has 4 nitrogen and oxygen atoms in total. The van der Waals surface area contributed by atoms with Crippen molar-refractivity contribution in [1.82, 2.24) is 0 Å². The van der Waals surface area contributed by atoms with E-state index in [0.717, 1.165) is 18.4 Å². The van der Waals surface area contributed by atoms with E-state index in [1.807, 2.05) is 13.8 Å². The molecule has 0 saturated heterocycles. The van der Waals surface area contributed by atoms with E-state index in [9.17, 15) is 14.7 Å². The molecule has 2 saturated carbocycles. The van der Waals surface area contributed by atoms with Crippen molar-refractivity contribution in [2.24, 2.45) is 22.7 Å². The molecule has 0 aliphatic heterocycles. The third-order valence-electron chi connectivity index (χ3n) is 6.53. The van der Waals surface area contributed by atoms with Crippen LogP contribution in [0.15, 0.2) is 35.2 Å². The summed E-state index contributed by atoms with van der Waals surface area (Å²) in [6.45, 7) is 10.3. The first kappa shape index (κ1) is 17.2. The van der Waals surface area contributed by atoms with Gasteiger partial charge in [0.2, 0.25) is 0 Å². The number of Topliss-reactive ketones (excluding diaryl/α,β-unsaturated/α-hetero) is 2. The van der Waals surface area contributed by atoms with Crippen molar-refractivity contribution in [3.63, 3.8) is 0 Å². The fourth-order valence-corrected chi connectivity index (χ4v) is 5.19. The van der Waals surface area contributed by atoms with Gasteiger partial charge in [-0.2, -0.15) is 0 Å². The Hall–Kier alpha value is -1.68. The van der Waals surface area contributed by atoms with Crippen LogP contribution in [0, 0.1) is 22.7 Å². The van der Waals surface area contributed by atoms with Gasteiger partial charge in [-0.1, -0.05) is 32.9 Å². The summed E-state index contributed by atoms with van der Waals surface area (Å²) < 4.78 is 5.02. The normalized spacial score (nSPS) is 35.6. The lowest BCUT2D eigenvalue weighted by atomic mass is 9.46. The van der Waals surface area contributed by atoms with Gasteiger partial charge in [-0.3, -0.25) is 9.59 Å². The third-order valence-corrected chi connectivity index (χ3v) is 6.53. The van der Waals surface area contributed by atoms with Gasteiger partial charge in [0.1, 0.15) is 12.4 Å². The summed E-state index contributed by atoms with van der Waals surface area (Å²) in [4.78, 5) is 25.1. The molecular formula is C20H26O4. The Morgan fingerprint density at radius 3 is 2.75 bits per heavy atom. The number of fused-ring (bicyclic) bond motifs is 1. The van der Waals surface area contributed by atoms with E-state index in [0.29, 0.717) is 18.4 Å². The van der Waals surface area contributed by atoms with Crippen molar-refractivity contribution >= 4 is 11.6 Å². The molecule has 2 fully saturated rings. The first-order valence-electron chi connectivity index (χ1n) is 8.61. The fourth-order valence-electron chi connectivity index (χ4n) is 5.19. The second kappa shape index (κ2) is 5.69. The summed E-state index contributed by atoms with van der Waals surface area (Å²) in [6, 6.07) is 1.67. The SMILES string of the molecule is C=C1CC[C@@H]2C(C)(C)[C@H](O)C(=O)C[C@@]2(C)[C@@H]1CC(=O)c1ccoc1. The Morgan fingerprint density at radius 1 is 1.42 bits per heavy atom. The number of aliphatic hydroxyl groups excluding tert-OH is 1. The maximum Gasteiger partial charge on any atom is 0.166 e. The highest BCUT2D eigenvalue weighted by Crippen LogP contribution is 2.60. The van der Waals surface area contributed by atoms with Gasteiger partial charge in [-0.05, 0) is 36.2 Å². The van der Waals surface area contributed by atoms with Crippen molar-refractivity contribution in [1.29, 1.82) is 0 Å². The van der Waals surface area contributed by atoms with Gasteiger partial charge >= 0.3 is 0 Å². The molecule has 0 spiro atoms. The standard InChI is InChI=1S/C20H26O4/c1-12-5-6-17-19(2,3)18(23)16(22)10-20(17,4)14(12)9-15(21)13-7-8-24-11-13/h7-8,11,14,17-18,23H,1,5-6,9-10H2,2-4H3/t14-,17-,18-,20+/m1/s1. The van der Waals surface area contributed by atoms with Gasteiger partial charge < -0.3 is 9.52 Å². The Kier molecular flexibility index (Phi) is 4.07. The number of aliphatic hydroxyl groups is 1. The van der Waals surface area contributed by atoms with Crippen LogP contribution in [0.25, 0.3) is 0 Å². The van der Waals surface area contributed by atoms with Crippen LogP contribution >= 0.6 is 0 Å². The summed E-state index contributed by atoms with van der Waals surface area (Å²) in [5.74, 6) is 0.0436. The van der Waals surface area contributed by atoms with E-state index in [1.54, 1.807) is 6.07 Å². The molecule has 1 N–H and O–H groups in total. The molecule has 2 aliphatic carbocycles. The summed E-state index contributed by atoms with van der Waals surface area (Å²) in [5, 5.41) is 10.4. The molecular weight excluding hydrogens is 304 g/mol. The quantitative estimate of drug-likeness (QED) is 0.676. The molecule has 1 aromatic rings. The first-order valence-corrected chi connectivity index (χ1v) is 8.61. The zero-order valence-electron chi connectivity index (χ0n) is 14.7. The van der Waals surface area contributed by atoms with Gasteiger partial charge in [-0.25, -0.2) is 0 Å². The molecule has 4 atom stereocenters. The molecule has 0 aromatic carbocycles. The Balaban J connectivity index is 1.94. The van der Waals surface area contributed by atoms with Gasteiger partial charge in [0.05, 0.1) is 11.8 Å². The van der Waals surface area contributed by atoms with Gasteiger partial charge in [-0.15, -0.1) is 0 Å². The maximum atomic E-state index is 12.6. The molecule has 3 rings (SSSR count). The molecule has 1 heterocycles. The lowest BCUT2D eigenvalue weighted by Gasteiger charge is -2.58. The van der Waals surface area contributed by atoms with Crippen LogP contribution in [-0.2, 0) is 4.79 Å². The van der Waals surface area contributed by atoms with Crippen LogP contribution in [0.5, 0.6) is 0 Å². The second-order valence-corrected chi connectivity index (χ2v) is 8.31. The Morgan fingerprint density at radius 2 is 2.12 bits per heavy atom. The third kappa shape index (κ3) is 2.48. The van der Waals surface area contributed by atoms with Crippen LogP contribution in [0.3, 0.4) is 0 Å². The van der Waals surface area contributed by atoms with E-state index in [2.05, 4.69) is 13.5 Å². The zero-order chi connectivity index (χ0) is 17.7. The monoisotopic (exact) mass is 330 g/mol. The minimum Gasteiger partial charge on any atom is -0.472 e. The predicted octanol–water partition coefficient (Wildman–Crippen LogP) is 3.80. The zero-order valence-corrected chi connectivity index (χ0v) is 14.7. The van der Waals surface area contributed by atoms with E-state index >= 15 is 0 Å². The minimum absolute atomic E-state index is 0.0214. The summed E-state index contributed by atoms with van der Waals surface area (Å²) in [5.41, 5.74) is 0.788. The van der Waals surface area contributed by atoms with Crippen LogP contribution in [0.4, 0.5) is 0 Å². The molecule has 0 bridgehead atoms. The molecule has 130 valence electrons. The maximum absolute atomic E-state index is 12.6. The number of furan rings is 1. The smallest absolute Gasteiger partial charge is 0.166 e. The number of hydrogen-bond donors (Lipinski definition) is 1. The van der Waals surface area contributed by atoms with E-state index in [1.165, 1.54) is 12.5 Å². The van der Waals surface area contributed by atoms with Crippen molar-refractivity contribution < 1.29 is 19.1 Å². The summed E-state index contributed by atoms with van der Waals surface area (Å²) in [6.07, 6.45) is 4.43. The van der Waals surface area contributed by atoms with Gasteiger partial charge in [0.25, 0.3) is 0 Å². The van der Waals surface area contributed by atoms with E-state index < -0.39 is 11.5 Å². The Bertz CT molecular complexity index is 670. The van der Waals surface area contributed by atoms with Crippen molar-refractivity contribution in [3.8, 4) is 0 Å². The first-order chi connectivity index (χ1) is 11.2. The number of carbonyl (C=O) groups excluding carboxylic acids is 2. The van der Waals surface area contributed by atoms with Crippen LogP contribution in [-0.4, -0.2) is 22.8 Å². The second-order valence-electron chi connectivity index (χ2n) is 8.31. The lowest BCUT2D eigenvalue weighted by molar-refractivity contribution is -0.161. The molecule has 0 radical (unpaired) electrons. The lowest BCUT2D eigenvalue weighted by Crippen LogP contribution is -2.58. The minimum atomic E-state index is -0.924. The average molecular weight is 330 g/mol. The summed E-state index contributed by atoms with van der Waals surface area (Å²) >= 11 is 0. The molecule has 1 aromatic heterocycles. The number of carbonyl (C=O) groups is 2. The molecule has 2 aliphatic rings. The van der Waals surface area contributed by atoms with E-state index in [4.69, 9.17) is 4.42 Å². The van der Waals surface area contributed by atoms with Gasteiger partial charge in [0.15, 0.2) is 11.6 Å². The largest absolute Gasteiger partial charge is 0.472 e.